The maximum Gasteiger partial charge on any atom is 0.175 e. The molecule has 2 heterocycles. The number of para-hydroxylation sites is 1. The van der Waals surface area contributed by atoms with Gasteiger partial charge >= 0.3 is 0 Å². The largest absolute Gasteiger partial charge is 0.254 e. The highest BCUT2D eigenvalue weighted by molar-refractivity contribution is 7.90. The zero-order chi connectivity index (χ0) is 19.7. The molecule has 0 spiro atoms. The second-order valence-corrected chi connectivity index (χ2v) is 8.73. The van der Waals surface area contributed by atoms with Crippen LogP contribution >= 0.6 is 11.6 Å². The predicted octanol–water partition coefficient (Wildman–Crippen LogP) is 4.66. The fourth-order valence-electron chi connectivity index (χ4n) is 2.94. The van der Waals surface area contributed by atoms with Crippen LogP contribution in [-0.2, 0) is 9.84 Å². The van der Waals surface area contributed by atoms with E-state index in [1.165, 1.54) is 6.26 Å². The minimum Gasteiger partial charge on any atom is -0.254 e. The first-order valence-electron chi connectivity index (χ1n) is 8.49. The number of aromatic nitrogens is 3. The van der Waals surface area contributed by atoms with Gasteiger partial charge in [-0.1, -0.05) is 41.9 Å². The van der Waals surface area contributed by atoms with Crippen molar-refractivity contribution >= 4 is 21.4 Å². The van der Waals surface area contributed by atoms with Gasteiger partial charge in [0.2, 0.25) is 0 Å². The average molecular weight is 410 g/mol. The average Bonchev–Trinajstić information content (AvgIpc) is 3.17. The Morgan fingerprint density at radius 1 is 0.929 bits per heavy atom. The van der Waals surface area contributed by atoms with Crippen molar-refractivity contribution in [3.63, 3.8) is 0 Å². The number of hydrogen-bond donors (Lipinski definition) is 0. The van der Waals surface area contributed by atoms with Gasteiger partial charge in [-0.15, -0.1) is 0 Å². The summed E-state index contributed by atoms with van der Waals surface area (Å²) in [6.07, 6.45) is 4.62. The van der Waals surface area contributed by atoms with Gasteiger partial charge in [-0.3, -0.25) is 4.98 Å². The van der Waals surface area contributed by atoms with Gasteiger partial charge < -0.3 is 0 Å². The van der Waals surface area contributed by atoms with E-state index in [0.717, 1.165) is 28.2 Å². The van der Waals surface area contributed by atoms with E-state index in [0.29, 0.717) is 5.02 Å². The van der Waals surface area contributed by atoms with Crippen LogP contribution in [0.5, 0.6) is 0 Å². The van der Waals surface area contributed by atoms with Gasteiger partial charge in [-0.25, -0.2) is 13.1 Å². The van der Waals surface area contributed by atoms with Crippen molar-refractivity contribution in [1.82, 2.24) is 14.8 Å². The lowest BCUT2D eigenvalue weighted by molar-refractivity contribution is 0.602. The van der Waals surface area contributed by atoms with Crippen molar-refractivity contribution in [2.75, 3.05) is 6.26 Å². The van der Waals surface area contributed by atoms with Crippen LogP contribution in [0.1, 0.15) is 0 Å². The number of sulfone groups is 1. The summed E-state index contributed by atoms with van der Waals surface area (Å²) in [6, 6.07) is 20.0. The lowest BCUT2D eigenvalue weighted by Crippen LogP contribution is -2.00. The highest BCUT2D eigenvalue weighted by Gasteiger charge is 2.12. The molecular formula is C21H16ClN3O2S. The minimum absolute atomic E-state index is 0.283. The first-order chi connectivity index (χ1) is 13.4. The molecule has 28 heavy (non-hydrogen) atoms. The second kappa shape index (κ2) is 7.22. The summed E-state index contributed by atoms with van der Waals surface area (Å²) in [6.45, 7) is 0. The van der Waals surface area contributed by atoms with Crippen LogP contribution in [0, 0.1) is 0 Å². The van der Waals surface area contributed by atoms with Crippen molar-refractivity contribution < 1.29 is 8.42 Å². The van der Waals surface area contributed by atoms with Crippen LogP contribution in [-0.4, -0.2) is 29.4 Å². The minimum atomic E-state index is -3.26. The molecule has 0 atom stereocenters. The summed E-state index contributed by atoms with van der Waals surface area (Å²) in [5.74, 6) is 0. The first kappa shape index (κ1) is 18.4. The van der Waals surface area contributed by atoms with Crippen LogP contribution in [0.15, 0.2) is 84.0 Å². The number of benzene rings is 2. The van der Waals surface area contributed by atoms with E-state index >= 15 is 0 Å². The fourth-order valence-corrected chi connectivity index (χ4v) is 3.82. The van der Waals surface area contributed by atoms with Gasteiger partial charge in [0.1, 0.15) is 0 Å². The Labute approximate surface area is 168 Å². The quantitative estimate of drug-likeness (QED) is 0.491. The zero-order valence-corrected chi connectivity index (χ0v) is 16.5. The summed E-state index contributed by atoms with van der Waals surface area (Å²) in [7, 11) is -3.26. The van der Waals surface area contributed by atoms with Gasteiger partial charge in [0.05, 0.1) is 33.2 Å². The highest BCUT2D eigenvalue weighted by Crippen LogP contribution is 2.27. The van der Waals surface area contributed by atoms with Crippen molar-refractivity contribution in [3.05, 3.63) is 84.1 Å². The molecule has 4 aromatic rings. The normalized spacial score (nSPS) is 11.5. The maximum absolute atomic E-state index is 11.8. The predicted molar refractivity (Wildman–Crippen MR) is 110 cm³/mol. The van der Waals surface area contributed by atoms with Crippen molar-refractivity contribution in [1.29, 1.82) is 0 Å². The lowest BCUT2D eigenvalue weighted by atomic mass is 10.1. The third kappa shape index (κ3) is 3.56. The highest BCUT2D eigenvalue weighted by atomic mass is 35.5. The third-order valence-electron chi connectivity index (χ3n) is 4.34. The Balaban J connectivity index is 1.71. The molecule has 4 rings (SSSR count). The van der Waals surface area contributed by atoms with Gasteiger partial charge in [0.15, 0.2) is 9.84 Å². The molecule has 0 aliphatic heterocycles. The van der Waals surface area contributed by atoms with Crippen molar-refractivity contribution in [3.8, 4) is 28.2 Å². The molecule has 140 valence electrons. The van der Waals surface area contributed by atoms with E-state index in [-0.39, 0.29) is 4.90 Å². The number of rotatable bonds is 4. The van der Waals surface area contributed by atoms with Gasteiger partial charge in [0, 0.05) is 18.0 Å². The van der Waals surface area contributed by atoms with E-state index in [1.54, 1.807) is 35.3 Å². The lowest BCUT2D eigenvalue weighted by Gasteiger charge is -2.09. The molecule has 7 heteroatoms. The Morgan fingerprint density at radius 2 is 1.75 bits per heavy atom. The Kier molecular flexibility index (Phi) is 4.75. The van der Waals surface area contributed by atoms with Crippen LogP contribution in [0.4, 0.5) is 0 Å². The summed E-state index contributed by atoms with van der Waals surface area (Å²) in [5.41, 5.74) is 3.94. The number of hydrogen-bond acceptors (Lipinski definition) is 4. The number of pyridine rings is 1. The molecule has 0 unspecified atom stereocenters. The van der Waals surface area contributed by atoms with Crippen molar-refractivity contribution in [2.24, 2.45) is 0 Å². The molecule has 2 aromatic heterocycles. The molecule has 0 aliphatic rings. The summed E-state index contributed by atoms with van der Waals surface area (Å²) in [4.78, 5) is 4.84. The van der Waals surface area contributed by atoms with E-state index in [9.17, 15) is 8.42 Å². The molecule has 5 nitrogen and oxygen atoms in total. The standard InChI is InChI=1S/C21H16ClN3O2S/c1-28(26,27)17-6-4-5-15(13-17)16-9-10-19(23-14-16)21-11-12-24-25(21)20-8-3-2-7-18(20)22/h2-14H,1H3. The molecule has 0 saturated carbocycles. The molecule has 0 saturated heterocycles. The molecule has 0 aliphatic carbocycles. The Morgan fingerprint density at radius 3 is 2.46 bits per heavy atom. The summed E-state index contributed by atoms with van der Waals surface area (Å²) >= 11 is 6.30. The molecule has 0 bridgehead atoms. The molecule has 0 fully saturated rings. The molecular weight excluding hydrogens is 394 g/mol. The molecule has 0 amide bonds. The van der Waals surface area contributed by atoms with Crippen molar-refractivity contribution in [2.45, 2.75) is 4.90 Å². The molecule has 0 radical (unpaired) electrons. The number of nitrogens with zero attached hydrogens (tertiary/aromatic N) is 3. The van der Waals surface area contributed by atoms with Crippen LogP contribution in [0.2, 0.25) is 5.02 Å². The van der Waals surface area contributed by atoms with E-state index in [1.807, 2.05) is 48.5 Å². The first-order valence-corrected chi connectivity index (χ1v) is 10.8. The van der Waals surface area contributed by atoms with Gasteiger partial charge in [-0.05, 0) is 42.0 Å². The second-order valence-electron chi connectivity index (χ2n) is 6.31. The number of halogens is 1. The molecule has 2 aromatic carbocycles. The zero-order valence-electron chi connectivity index (χ0n) is 14.9. The van der Waals surface area contributed by atoms with Gasteiger partial charge in [-0.2, -0.15) is 5.10 Å². The molecule has 0 N–H and O–H groups in total. The smallest absolute Gasteiger partial charge is 0.175 e. The van der Waals surface area contributed by atoms with Crippen LogP contribution in [0.25, 0.3) is 28.2 Å². The Hall–Kier alpha value is -2.96. The summed E-state index contributed by atoms with van der Waals surface area (Å²) in [5, 5.41) is 4.97. The SMILES string of the molecule is CS(=O)(=O)c1cccc(-c2ccc(-c3ccnn3-c3ccccc3Cl)nc2)c1. The topological polar surface area (TPSA) is 64.8 Å². The maximum atomic E-state index is 11.8. The monoisotopic (exact) mass is 409 g/mol. The Bertz CT molecular complexity index is 1250. The van der Waals surface area contributed by atoms with E-state index < -0.39 is 9.84 Å². The fraction of sp³-hybridized carbons (Fsp3) is 0.0476. The third-order valence-corrected chi connectivity index (χ3v) is 5.77. The van der Waals surface area contributed by atoms with E-state index in [4.69, 9.17) is 11.6 Å². The van der Waals surface area contributed by atoms with Crippen LogP contribution < -0.4 is 0 Å². The van der Waals surface area contributed by atoms with Gasteiger partial charge in [0.25, 0.3) is 0 Å². The van der Waals surface area contributed by atoms with E-state index in [2.05, 4.69) is 10.1 Å². The van der Waals surface area contributed by atoms with Crippen LogP contribution in [0.3, 0.4) is 0 Å². The summed E-state index contributed by atoms with van der Waals surface area (Å²) < 4.78 is 25.3.